The fourth-order valence-corrected chi connectivity index (χ4v) is 6.09. The molecule has 7 nitrogen and oxygen atoms in total. The number of anilines is 1. The lowest BCUT2D eigenvalue weighted by atomic mass is 9.97. The minimum absolute atomic E-state index is 0.250. The first-order valence-electron chi connectivity index (χ1n) is 13.6. The molecule has 4 aromatic rings. The molecule has 0 radical (unpaired) electrons. The van der Waals surface area contributed by atoms with Crippen LogP contribution in [0.3, 0.4) is 0 Å². The number of hydrogen-bond donors (Lipinski definition) is 3. The van der Waals surface area contributed by atoms with Crippen molar-refractivity contribution in [2.45, 2.75) is 33.2 Å². The van der Waals surface area contributed by atoms with E-state index in [1.165, 1.54) is 16.9 Å². The molecule has 1 saturated heterocycles. The molecule has 0 bridgehead atoms. The normalized spacial score (nSPS) is 14.6. The lowest BCUT2D eigenvalue weighted by Crippen LogP contribution is -2.34. The van der Waals surface area contributed by atoms with Gasteiger partial charge < -0.3 is 10.4 Å². The van der Waals surface area contributed by atoms with E-state index in [0.717, 1.165) is 59.3 Å². The minimum Gasteiger partial charge on any atom is -0.396 e. The summed E-state index contributed by atoms with van der Waals surface area (Å²) in [4.78, 5) is 29.0. The number of aliphatic hydroxyl groups excluding tert-OH is 1. The molecule has 0 unspecified atom stereocenters. The molecule has 206 valence electrons. The highest BCUT2D eigenvalue weighted by atomic mass is 32.1. The lowest BCUT2D eigenvalue weighted by molar-refractivity contribution is 0.0958. The molecule has 3 N–H and O–H groups in total. The van der Waals surface area contributed by atoms with E-state index in [-0.39, 0.29) is 18.4 Å². The van der Waals surface area contributed by atoms with Gasteiger partial charge in [-0.1, -0.05) is 48.5 Å². The van der Waals surface area contributed by atoms with Crippen LogP contribution in [0.25, 0.3) is 10.1 Å². The van der Waals surface area contributed by atoms with Crippen molar-refractivity contribution in [2.24, 2.45) is 11.0 Å². The van der Waals surface area contributed by atoms with Crippen LogP contribution in [0.1, 0.15) is 55.8 Å². The van der Waals surface area contributed by atoms with Gasteiger partial charge in [0, 0.05) is 28.8 Å². The highest BCUT2D eigenvalue weighted by Gasteiger charge is 2.22. The summed E-state index contributed by atoms with van der Waals surface area (Å²) in [5.74, 6) is -0.258. The quantitative estimate of drug-likeness (QED) is 0.191. The lowest BCUT2D eigenvalue weighted by Gasteiger charge is -2.31. The first-order chi connectivity index (χ1) is 19.4. The Bertz CT molecular complexity index is 1550. The van der Waals surface area contributed by atoms with Crippen LogP contribution in [-0.4, -0.2) is 47.7 Å². The van der Waals surface area contributed by atoms with Crippen LogP contribution >= 0.6 is 11.3 Å². The van der Waals surface area contributed by atoms with Crippen molar-refractivity contribution in [3.8, 4) is 0 Å². The van der Waals surface area contributed by atoms with Gasteiger partial charge in [-0.2, -0.15) is 5.10 Å². The van der Waals surface area contributed by atoms with E-state index in [9.17, 15) is 14.7 Å². The third-order valence-electron chi connectivity index (χ3n) is 7.52. The van der Waals surface area contributed by atoms with Crippen molar-refractivity contribution in [1.29, 1.82) is 0 Å². The molecule has 2 heterocycles. The monoisotopic (exact) mass is 554 g/mol. The van der Waals surface area contributed by atoms with Crippen molar-refractivity contribution < 1.29 is 14.7 Å². The molecular weight excluding hydrogens is 520 g/mol. The number of nitrogens with zero attached hydrogens (tertiary/aromatic N) is 2. The number of piperidine rings is 1. The molecule has 0 saturated carbocycles. The van der Waals surface area contributed by atoms with E-state index < -0.39 is 0 Å². The number of rotatable bonds is 8. The van der Waals surface area contributed by atoms with Gasteiger partial charge in [0.05, 0.1) is 11.8 Å². The fourth-order valence-electron chi connectivity index (χ4n) is 5.00. The number of aryl methyl sites for hydroxylation is 2. The number of fused-ring (bicyclic) bond motifs is 1. The number of thiophene rings is 1. The maximum absolute atomic E-state index is 13.3. The molecule has 5 rings (SSSR count). The zero-order valence-corrected chi connectivity index (χ0v) is 23.6. The van der Waals surface area contributed by atoms with Gasteiger partial charge in [0.15, 0.2) is 0 Å². The predicted molar refractivity (Wildman–Crippen MR) is 162 cm³/mol. The summed E-state index contributed by atoms with van der Waals surface area (Å²) in [7, 11) is 0. The Morgan fingerprint density at radius 1 is 1.00 bits per heavy atom. The first kappa shape index (κ1) is 27.7. The number of likely N-dealkylation sites (tertiary alicyclic amines) is 1. The van der Waals surface area contributed by atoms with E-state index in [1.807, 2.05) is 74.5 Å². The molecule has 0 spiro atoms. The van der Waals surface area contributed by atoms with Crippen LogP contribution in [0.4, 0.5) is 5.00 Å². The number of hydrazone groups is 1. The molecule has 1 aliphatic heterocycles. The van der Waals surface area contributed by atoms with E-state index in [0.29, 0.717) is 22.0 Å². The molecule has 2 amide bonds. The Morgan fingerprint density at radius 3 is 2.58 bits per heavy atom. The van der Waals surface area contributed by atoms with Gasteiger partial charge in [-0.25, -0.2) is 5.43 Å². The predicted octanol–water partition coefficient (Wildman–Crippen LogP) is 5.74. The molecule has 1 aliphatic rings. The number of benzene rings is 3. The van der Waals surface area contributed by atoms with E-state index in [1.54, 1.807) is 12.3 Å². The van der Waals surface area contributed by atoms with Crippen LogP contribution in [0, 0.1) is 19.8 Å². The molecule has 40 heavy (non-hydrogen) atoms. The summed E-state index contributed by atoms with van der Waals surface area (Å²) in [5.41, 5.74) is 7.88. The van der Waals surface area contributed by atoms with Crippen molar-refractivity contribution in [1.82, 2.24) is 10.3 Å². The van der Waals surface area contributed by atoms with Gasteiger partial charge >= 0.3 is 0 Å². The highest BCUT2D eigenvalue weighted by Crippen LogP contribution is 2.36. The molecule has 1 fully saturated rings. The van der Waals surface area contributed by atoms with Gasteiger partial charge in [0.25, 0.3) is 11.8 Å². The number of amides is 2. The molecule has 8 heteroatoms. The molecule has 0 aliphatic carbocycles. The summed E-state index contributed by atoms with van der Waals surface area (Å²) < 4.78 is 0.904. The Hall–Kier alpha value is -3.85. The summed E-state index contributed by atoms with van der Waals surface area (Å²) in [6.45, 7) is 6.97. The largest absolute Gasteiger partial charge is 0.396 e. The van der Waals surface area contributed by atoms with Gasteiger partial charge in [-0.05, 0) is 86.1 Å². The highest BCUT2D eigenvalue weighted by molar-refractivity contribution is 7.23. The van der Waals surface area contributed by atoms with Gasteiger partial charge in [0.1, 0.15) is 5.00 Å². The smallest absolute Gasteiger partial charge is 0.275 e. The Kier molecular flexibility index (Phi) is 8.69. The van der Waals surface area contributed by atoms with E-state index in [2.05, 4.69) is 20.7 Å². The van der Waals surface area contributed by atoms with Crippen molar-refractivity contribution in [3.63, 3.8) is 0 Å². The van der Waals surface area contributed by atoms with E-state index in [4.69, 9.17) is 0 Å². The molecule has 1 aromatic heterocycles. The van der Waals surface area contributed by atoms with E-state index >= 15 is 0 Å². The van der Waals surface area contributed by atoms with Gasteiger partial charge in [-0.3, -0.25) is 14.5 Å². The summed E-state index contributed by atoms with van der Waals surface area (Å²) in [6.07, 6.45) is 3.60. The van der Waals surface area contributed by atoms with Crippen molar-refractivity contribution in [2.75, 3.05) is 25.0 Å². The van der Waals surface area contributed by atoms with Crippen LogP contribution in [0.2, 0.25) is 0 Å². The summed E-state index contributed by atoms with van der Waals surface area (Å²) in [6, 6.07) is 21.2. The average Bonchev–Trinajstić information content (AvgIpc) is 3.33. The number of hydrogen-bond acceptors (Lipinski definition) is 6. The summed E-state index contributed by atoms with van der Waals surface area (Å²) in [5, 5.41) is 17.8. The van der Waals surface area contributed by atoms with Crippen molar-refractivity contribution in [3.05, 3.63) is 100 Å². The van der Waals surface area contributed by atoms with Gasteiger partial charge in [-0.15, -0.1) is 11.3 Å². The molecule has 0 atom stereocenters. The zero-order chi connectivity index (χ0) is 28.1. The maximum Gasteiger partial charge on any atom is 0.275 e. The number of nitrogens with one attached hydrogen (secondary N) is 2. The topological polar surface area (TPSA) is 94.0 Å². The van der Waals surface area contributed by atoms with Crippen molar-refractivity contribution >= 4 is 44.5 Å². The number of carbonyl (C=O) groups excluding carboxylic acids is 2. The Morgan fingerprint density at radius 2 is 1.80 bits per heavy atom. The van der Waals surface area contributed by atoms with Crippen LogP contribution < -0.4 is 10.7 Å². The molecule has 3 aromatic carbocycles. The summed E-state index contributed by atoms with van der Waals surface area (Å²) >= 11 is 1.37. The standard InChI is InChI=1S/C32H34N4O3S/c1-21-10-11-24(16-22(21)2)18-33-35-31(39)29-27-8-3-4-9-28(27)40-32(29)34-30(38)26-7-5-6-25(17-26)19-36-14-12-23(20-37)13-15-36/h3-11,16-18,23,37H,12-15,19-20H2,1-2H3,(H,34,38)(H,35,39). The second-order valence-corrected chi connectivity index (χ2v) is 11.5. The second kappa shape index (κ2) is 12.6. The van der Waals surface area contributed by atoms with Crippen LogP contribution in [0.5, 0.6) is 0 Å². The average molecular weight is 555 g/mol. The zero-order valence-electron chi connectivity index (χ0n) is 22.8. The number of carbonyl (C=O) groups is 2. The fraction of sp³-hybridized carbons (Fsp3) is 0.281. The van der Waals surface area contributed by atoms with Gasteiger partial charge in [0.2, 0.25) is 0 Å². The second-order valence-electron chi connectivity index (χ2n) is 10.4. The third kappa shape index (κ3) is 6.47. The maximum atomic E-state index is 13.3. The molecular formula is C32H34N4O3S. The third-order valence-corrected chi connectivity index (χ3v) is 8.61. The van der Waals surface area contributed by atoms with Crippen LogP contribution in [0.15, 0.2) is 71.8 Å². The van der Waals surface area contributed by atoms with Crippen LogP contribution in [-0.2, 0) is 6.54 Å². The Labute approximate surface area is 238 Å². The first-order valence-corrected chi connectivity index (χ1v) is 14.4. The Balaban J connectivity index is 1.31. The SMILES string of the molecule is Cc1ccc(C=NNC(=O)c2c(NC(=O)c3cccc(CN4CCC(CO)CC4)c3)sc3ccccc23)cc1C. The number of aliphatic hydroxyl groups is 1. The minimum atomic E-state index is -0.382.